The average molecular weight is 356 g/mol. The van der Waals surface area contributed by atoms with E-state index in [1.165, 1.54) is 42.5 Å². The van der Waals surface area contributed by atoms with Gasteiger partial charge in [0, 0.05) is 4.47 Å². The largest absolute Gasteiger partial charge is 0.493 e. The second-order valence-corrected chi connectivity index (χ2v) is 5.08. The van der Waals surface area contributed by atoms with Crippen LogP contribution in [0.25, 0.3) is 0 Å². The van der Waals surface area contributed by atoms with E-state index >= 15 is 0 Å². The highest BCUT2D eigenvalue weighted by atomic mass is 79.9. The van der Waals surface area contributed by atoms with Crippen molar-refractivity contribution in [3.05, 3.63) is 58.6 Å². The van der Waals surface area contributed by atoms with Gasteiger partial charge in [-0.25, -0.2) is 8.78 Å². The van der Waals surface area contributed by atoms with Gasteiger partial charge in [-0.15, -0.1) is 0 Å². The van der Waals surface area contributed by atoms with Gasteiger partial charge >= 0.3 is 0 Å². The van der Waals surface area contributed by atoms with Gasteiger partial charge in [-0.05, 0) is 58.4 Å². The Morgan fingerprint density at radius 3 is 2.43 bits per heavy atom. The molecule has 110 valence electrons. The molecule has 0 bridgehead atoms. The summed E-state index contributed by atoms with van der Waals surface area (Å²) in [6.07, 6.45) is 0.126. The number of halogens is 3. The zero-order valence-corrected chi connectivity index (χ0v) is 12.5. The van der Waals surface area contributed by atoms with Crippen LogP contribution in [0.15, 0.2) is 46.9 Å². The standard InChI is InChI=1S/C15H12BrF2NO2/c16-13-9-11(18)3-6-14(13)19-15(20)7-8-21-12-4-1-10(17)2-5-12/h1-6,9H,7-8H2,(H,19,20). The molecule has 3 nitrogen and oxygen atoms in total. The first kappa shape index (κ1) is 15.4. The number of nitrogens with one attached hydrogen (secondary N) is 1. The van der Waals surface area contributed by atoms with Gasteiger partial charge in [0.1, 0.15) is 17.4 Å². The second kappa shape index (κ2) is 7.17. The molecule has 0 aromatic heterocycles. The lowest BCUT2D eigenvalue weighted by molar-refractivity contribution is -0.116. The third-order valence-corrected chi connectivity index (χ3v) is 3.27. The minimum atomic E-state index is -0.389. The number of anilines is 1. The summed E-state index contributed by atoms with van der Waals surface area (Å²) in [5, 5.41) is 2.64. The van der Waals surface area contributed by atoms with Crippen LogP contribution in [0, 0.1) is 11.6 Å². The summed E-state index contributed by atoms with van der Waals surface area (Å²) >= 11 is 3.17. The first-order valence-corrected chi connectivity index (χ1v) is 6.97. The topological polar surface area (TPSA) is 38.3 Å². The summed E-state index contributed by atoms with van der Waals surface area (Å²) in [5.74, 6) is -0.502. The van der Waals surface area contributed by atoms with Gasteiger partial charge in [-0.2, -0.15) is 0 Å². The number of ether oxygens (including phenoxy) is 1. The van der Waals surface area contributed by atoms with Gasteiger partial charge in [0.15, 0.2) is 0 Å². The van der Waals surface area contributed by atoms with Crippen molar-refractivity contribution in [2.75, 3.05) is 11.9 Å². The number of benzene rings is 2. The Labute approximate surface area is 129 Å². The normalized spacial score (nSPS) is 10.2. The van der Waals surface area contributed by atoms with Gasteiger partial charge in [0.05, 0.1) is 18.7 Å². The van der Waals surface area contributed by atoms with Crippen molar-refractivity contribution >= 4 is 27.5 Å². The van der Waals surface area contributed by atoms with Crippen molar-refractivity contribution in [1.82, 2.24) is 0 Å². The molecule has 0 atom stereocenters. The smallest absolute Gasteiger partial charge is 0.227 e. The number of hydrogen-bond donors (Lipinski definition) is 1. The van der Waals surface area contributed by atoms with E-state index in [4.69, 9.17) is 4.74 Å². The maximum Gasteiger partial charge on any atom is 0.227 e. The summed E-state index contributed by atoms with van der Waals surface area (Å²) < 4.78 is 31.4. The number of carbonyl (C=O) groups excluding carboxylic acids is 1. The number of amides is 1. The van der Waals surface area contributed by atoms with Crippen LogP contribution in [0.4, 0.5) is 14.5 Å². The minimum Gasteiger partial charge on any atom is -0.493 e. The molecule has 2 rings (SSSR count). The van der Waals surface area contributed by atoms with Crippen molar-refractivity contribution in [3.8, 4) is 5.75 Å². The molecule has 0 saturated carbocycles. The van der Waals surface area contributed by atoms with E-state index in [0.29, 0.717) is 15.9 Å². The Morgan fingerprint density at radius 1 is 1.10 bits per heavy atom. The van der Waals surface area contributed by atoms with Crippen LogP contribution in [0.3, 0.4) is 0 Å². The molecule has 0 saturated heterocycles. The van der Waals surface area contributed by atoms with E-state index in [-0.39, 0.29) is 30.6 Å². The van der Waals surface area contributed by atoms with Gasteiger partial charge in [-0.1, -0.05) is 0 Å². The van der Waals surface area contributed by atoms with E-state index in [1.807, 2.05) is 0 Å². The van der Waals surface area contributed by atoms with Gasteiger partial charge in [-0.3, -0.25) is 4.79 Å². The van der Waals surface area contributed by atoms with Crippen LogP contribution in [0.5, 0.6) is 5.75 Å². The third-order valence-electron chi connectivity index (χ3n) is 2.62. The SMILES string of the molecule is O=C(CCOc1ccc(F)cc1)Nc1ccc(F)cc1Br. The van der Waals surface area contributed by atoms with Crippen LogP contribution in [0.2, 0.25) is 0 Å². The lowest BCUT2D eigenvalue weighted by atomic mass is 10.3. The molecule has 0 fully saturated rings. The van der Waals surface area contributed by atoms with Crippen molar-refractivity contribution in [2.45, 2.75) is 6.42 Å². The Hall–Kier alpha value is -1.95. The summed E-state index contributed by atoms with van der Waals surface area (Å²) in [7, 11) is 0. The highest BCUT2D eigenvalue weighted by Gasteiger charge is 2.07. The molecule has 2 aromatic rings. The number of rotatable bonds is 5. The first-order valence-electron chi connectivity index (χ1n) is 6.18. The second-order valence-electron chi connectivity index (χ2n) is 4.22. The van der Waals surface area contributed by atoms with Gasteiger partial charge in [0.2, 0.25) is 5.91 Å². The molecule has 0 spiro atoms. The van der Waals surface area contributed by atoms with Crippen LogP contribution in [-0.4, -0.2) is 12.5 Å². The molecular formula is C15H12BrF2NO2. The molecule has 0 radical (unpaired) electrons. The molecule has 6 heteroatoms. The Kier molecular flexibility index (Phi) is 5.27. The molecule has 2 aromatic carbocycles. The summed E-state index contributed by atoms with van der Waals surface area (Å²) in [5.41, 5.74) is 0.489. The Balaban J connectivity index is 1.81. The predicted molar refractivity (Wildman–Crippen MR) is 79.2 cm³/mol. The zero-order chi connectivity index (χ0) is 15.2. The highest BCUT2D eigenvalue weighted by Crippen LogP contribution is 2.23. The van der Waals surface area contributed by atoms with Crippen LogP contribution >= 0.6 is 15.9 Å². The van der Waals surface area contributed by atoms with Crippen molar-refractivity contribution in [1.29, 1.82) is 0 Å². The molecule has 0 heterocycles. The summed E-state index contributed by atoms with van der Waals surface area (Å²) in [4.78, 5) is 11.7. The third kappa shape index (κ3) is 4.82. The van der Waals surface area contributed by atoms with Gasteiger partial charge < -0.3 is 10.1 Å². The lowest BCUT2D eigenvalue weighted by Gasteiger charge is -2.08. The van der Waals surface area contributed by atoms with Crippen molar-refractivity contribution in [2.24, 2.45) is 0 Å². The summed E-state index contributed by atoms with van der Waals surface area (Å²) in [6, 6.07) is 9.54. The Bertz CT molecular complexity index is 632. The number of hydrogen-bond acceptors (Lipinski definition) is 2. The Morgan fingerprint density at radius 2 is 1.76 bits per heavy atom. The molecular weight excluding hydrogens is 344 g/mol. The molecule has 1 amide bonds. The molecule has 21 heavy (non-hydrogen) atoms. The first-order chi connectivity index (χ1) is 10.0. The minimum absolute atomic E-state index is 0.126. The van der Waals surface area contributed by atoms with Crippen LogP contribution < -0.4 is 10.1 Å². The molecule has 0 unspecified atom stereocenters. The fourth-order valence-electron chi connectivity index (χ4n) is 1.60. The highest BCUT2D eigenvalue weighted by molar-refractivity contribution is 9.10. The fraction of sp³-hybridized carbons (Fsp3) is 0.133. The number of carbonyl (C=O) groups is 1. The van der Waals surface area contributed by atoms with Gasteiger partial charge in [0.25, 0.3) is 0 Å². The quantitative estimate of drug-likeness (QED) is 0.875. The van der Waals surface area contributed by atoms with E-state index in [0.717, 1.165) is 0 Å². The van der Waals surface area contributed by atoms with Crippen molar-refractivity contribution in [3.63, 3.8) is 0 Å². The molecule has 0 aliphatic heterocycles. The summed E-state index contributed by atoms with van der Waals surface area (Å²) in [6.45, 7) is 0.163. The average Bonchev–Trinajstić information content (AvgIpc) is 2.44. The van der Waals surface area contributed by atoms with E-state index in [1.54, 1.807) is 0 Å². The van der Waals surface area contributed by atoms with Crippen LogP contribution in [-0.2, 0) is 4.79 Å². The van der Waals surface area contributed by atoms with E-state index in [9.17, 15) is 13.6 Å². The van der Waals surface area contributed by atoms with Crippen molar-refractivity contribution < 1.29 is 18.3 Å². The van der Waals surface area contributed by atoms with E-state index < -0.39 is 0 Å². The maximum atomic E-state index is 12.9. The maximum absolute atomic E-state index is 12.9. The van der Waals surface area contributed by atoms with Crippen LogP contribution in [0.1, 0.15) is 6.42 Å². The molecule has 0 aliphatic carbocycles. The lowest BCUT2D eigenvalue weighted by Crippen LogP contribution is -2.15. The zero-order valence-electron chi connectivity index (χ0n) is 10.9. The van der Waals surface area contributed by atoms with E-state index in [2.05, 4.69) is 21.2 Å². The monoisotopic (exact) mass is 355 g/mol. The molecule has 1 N–H and O–H groups in total. The predicted octanol–water partition coefficient (Wildman–Crippen LogP) is 4.13. The fourth-order valence-corrected chi connectivity index (χ4v) is 2.05. The molecule has 0 aliphatic rings.